The Morgan fingerprint density at radius 2 is 2.19 bits per heavy atom. The predicted molar refractivity (Wildman–Crippen MR) is 87.2 cm³/mol. The molecule has 1 heterocycles. The third kappa shape index (κ3) is 2.91. The first-order valence-electron chi connectivity index (χ1n) is 7.64. The Kier molecular flexibility index (Phi) is 4.16. The zero-order valence-electron chi connectivity index (χ0n) is 12.5. The molecule has 118 valence electrons. The molecule has 2 N–H and O–H groups in total. The summed E-state index contributed by atoms with van der Waals surface area (Å²) >= 11 is 1.69. The lowest BCUT2D eigenvalue weighted by molar-refractivity contribution is 0.0837. The molecule has 2 atom stereocenters. The molecule has 0 aliphatic heterocycles. The van der Waals surface area contributed by atoms with Gasteiger partial charge in [0.05, 0.1) is 10.8 Å². The van der Waals surface area contributed by atoms with Crippen molar-refractivity contribution >= 4 is 21.2 Å². The van der Waals surface area contributed by atoms with Gasteiger partial charge in [0.2, 0.25) is 0 Å². The van der Waals surface area contributed by atoms with E-state index in [4.69, 9.17) is 5.73 Å². The van der Waals surface area contributed by atoms with Gasteiger partial charge in [-0.3, -0.25) is 4.90 Å². The van der Waals surface area contributed by atoms with E-state index < -0.39 is 9.84 Å². The minimum atomic E-state index is -3.07. The number of hydrogen-bond donors (Lipinski definition) is 1. The van der Waals surface area contributed by atoms with Crippen LogP contribution in [-0.4, -0.2) is 42.9 Å². The normalized spacial score (nSPS) is 30.1. The van der Waals surface area contributed by atoms with Crippen molar-refractivity contribution in [2.24, 2.45) is 5.73 Å². The van der Waals surface area contributed by atoms with Gasteiger partial charge in [0.15, 0.2) is 9.84 Å². The average molecular weight is 329 g/mol. The van der Waals surface area contributed by atoms with Crippen molar-refractivity contribution in [2.45, 2.75) is 55.5 Å². The SMILES string of the molecule is CS(=O)(=O)C1CCCC1(CN)N(Cc1ccsc1)C1CC1. The van der Waals surface area contributed by atoms with Crippen LogP contribution in [0.4, 0.5) is 0 Å². The third-order valence-corrected chi connectivity index (χ3v) is 7.48. The summed E-state index contributed by atoms with van der Waals surface area (Å²) in [5.74, 6) is 0. The van der Waals surface area contributed by atoms with Crippen LogP contribution in [0.3, 0.4) is 0 Å². The fourth-order valence-electron chi connectivity index (χ4n) is 3.93. The van der Waals surface area contributed by atoms with Crippen molar-refractivity contribution in [1.82, 2.24) is 4.90 Å². The Bertz CT molecular complexity index is 581. The molecule has 2 unspecified atom stereocenters. The molecule has 1 aromatic rings. The van der Waals surface area contributed by atoms with Crippen molar-refractivity contribution in [3.05, 3.63) is 22.4 Å². The fraction of sp³-hybridized carbons (Fsp3) is 0.733. The smallest absolute Gasteiger partial charge is 0.152 e. The molecule has 4 nitrogen and oxygen atoms in total. The van der Waals surface area contributed by atoms with Gasteiger partial charge in [-0.05, 0) is 48.1 Å². The molecule has 3 rings (SSSR count). The van der Waals surface area contributed by atoms with Crippen LogP contribution in [0.25, 0.3) is 0 Å². The molecule has 0 spiro atoms. The van der Waals surface area contributed by atoms with Gasteiger partial charge in [0, 0.05) is 25.4 Å². The van der Waals surface area contributed by atoms with Crippen molar-refractivity contribution < 1.29 is 8.42 Å². The lowest BCUT2D eigenvalue weighted by Gasteiger charge is -2.44. The van der Waals surface area contributed by atoms with Gasteiger partial charge in [0.25, 0.3) is 0 Å². The maximum atomic E-state index is 12.3. The summed E-state index contributed by atoms with van der Waals surface area (Å²) in [6.07, 6.45) is 6.33. The number of sulfone groups is 1. The van der Waals surface area contributed by atoms with Crippen molar-refractivity contribution in [3.8, 4) is 0 Å². The molecule has 0 bridgehead atoms. The number of hydrogen-bond acceptors (Lipinski definition) is 5. The van der Waals surface area contributed by atoms with Gasteiger partial charge in [-0.2, -0.15) is 11.3 Å². The minimum Gasteiger partial charge on any atom is -0.329 e. The van der Waals surface area contributed by atoms with Crippen LogP contribution >= 0.6 is 11.3 Å². The maximum Gasteiger partial charge on any atom is 0.152 e. The first-order valence-corrected chi connectivity index (χ1v) is 10.5. The standard InChI is InChI=1S/C15H24N2O2S2/c1-21(18,19)14-3-2-7-15(14,11-16)17(13-4-5-13)9-12-6-8-20-10-12/h6,8,10,13-14H,2-5,7,9,11,16H2,1H3. The van der Waals surface area contributed by atoms with E-state index in [9.17, 15) is 8.42 Å². The summed E-state index contributed by atoms with van der Waals surface area (Å²) in [6.45, 7) is 1.27. The quantitative estimate of drug-likeness (QED) is 0.867. The van der Waals surface area contributed by atoms with E-state index in [0.29, 0.717) is 12.6 Å². The highest BCUT2D eigenvalue weighted by Crippen LogP contribution is 2.45. The summed E-state index contributed by atoms with van der Waals surface area (Å²) in [5.41, 5.74) is 7.06. The van der Waals surface area contributed by atoms with E-state index in [1.807, 2.05) is 0 Å². The molecule has 2 aliphatic rings. The molecular formula is C15H24N2O2S2. The molecule has 21 heavy (non-hydrogen) atoms. The van der Waals surface area contributed by atoms with E-state index in [-0.39, 0.29) is 10.8 Å². The van der Waals surface area contributed by atoms with Crippen LogP contribution in [0, 0.1) is 0 Å². The molecule has 2 aliphatic carbocycles. The number of nitrogens with two attached hydrogens (primary N) is 1. The highest BCUT2D eigenvalue weighted by atomic mass is 32.2. The number of nitrogens with zero attached hydrogens (tertiary/aromatic N) is 1. The van der Waals surface area contributed by atoms with E-state index in [2.05, 4.69) is 21.7 Å². The second kappa shape index (κ2) is 5.65. The molecule has 6 heteroatoms. The van der Waals surface area contributed by atoms with Crippen LogP contribution in [0.15, 0.2) is 16.8 Å². The zero-order valence-corrected chi connectivity index (χ0v) is 14.1. The fourth-order valence-corrected chi connectivity index (χ4v) is 6.33. The molecular weight excluding hydrogens is 304 g/mol. The number of thiophene rings is 1. The van der Waals surface area contributed by atoms with Crippen molar-refractivity contribution in [2.75, 3.05) is 12.8 Å². The Hall–Kier alpha value is -0.430. The predicted octanol–water partition coefficient (Wildman–Crippen LogP) is 2.01. The van der Waals surface area contributed by atoms with Crippen LogP contribution in [-0.2, 0) is 16.4 Å². The monoisotopic (exact) mass is 328 g/mol. The first-order chi connectivity index (χ1) is 9.97. The highest BCUT2D eigenvalue weighted by molar-refractivity contribution is 7.91. The van der Waals surface area contributed by atoms with Gasteiger partial charge in [-0.1, -0.05) is 6.42 Å². The lowest BCUT2D eigenvalue weighted by atomic mass is 9.93. The molecule has 0 radical (unpaired) electrons. The maximum absolute atomic E-state index is 12.3. The highest BCUT2D eigenvalue weighted by Gasteiger charge is 2.54. The van der Waals surface area contributed by atoms with Crippen LogP contribution in [0.2, 0.25) is 0 Å². The van der Waals surface area contributed by atoms with Crippen LogP contribution in [0.5, 0.6) is 0 Å². The molecule has 0 amide bonds. The van der Waals surface area contributed by atoms with Crippen molar-refractivity contribution in [3.63, 3.8) is 0 Å². The molecule has 2 saturated carbocycles. The molecule has 1 aromatic heterocycles. The van der Waals surface area contributed by atoms with Crippen molar-refractivity contribution in [1.29, 1.82) is 0 Å². The Balaban J connectivity index is 1.94. The molecule has 0 saturated heterocycles. The van der Waals surface area contributed by atoms with Crippen LogP contribution in [0.1, 0.15) is 37.7 Å². The summed E-state index contributed by atoms with van der Waals surface area (Å²) < 4.78 is 24.6. The Morgan fingerprint density at radius 1 is 1.43 bits per heavy atom. The largest absolute Gasteiger partial charge is 0.329 e. The van der Waals surface area contributed by atoms with E-state index >= 15 is 0 Å². The summed E-state index contributed by atoms with van der Waals surface area (Å²) in [5, 5.41) is 3.93. The van der Waals surface area contributed by atoms with E-state index in [1.165, 1.54) is 24.7 Å². The van der Waals surface area contributed by atoms with Gasteiger partial charge < -0.3 is 5.73 Å². The summed E-state index contributed by atoms with van der Waals surface area (Å²) in [7, 11) is -3.07. The summed E-state index contributed by atoms with van der Waals surface area (Å²) in [6, 6.07) is 2.64. The average Bonchev–Trinajstić information content (AvgIpc) is 2.96. The van der Waals surface area contributed by atoms with E-state index in [1.54, 1.807) is 11.3 Å². The summed E-state index contributed by atoms with van der Waals surface area (Å²) in [4.78, 5) is 2.42. The minimum absolute atomic E-state index is 0.311. The molecule has 2 fully saturated rings. The number of rotatable bonds is 6. The Labute approximate surface area is 131 Å². The second-order valence-electron chi connectivity index (χ2n) is 6.51. The van der Waals surface area contributed by atoms with Gasteiger partial charge >= 0.3 is 0 Å². The Morgan fingerprint density at radius 3 is 2.71 bits per heavy atom. The second-order valence-corrected chi connectivity index (χ2v) is 9.52. The van der Waals surface area contributed by atoms with E-state index in [0.717, 1.165) is 25.8 Å². The zero-order chi connectivity index (χ0) is 15.1. The van der Waals surface area contributed by atoms with Gasteiger partial charge in [-0.25, -0.2) is 8.42 Å². The third-order valence-electron chi connectivity index (χ3n) is 5.04. The van der Waals surface area contributed by atoms with Gasteiger partial charge in [-0.15, -0.1) is 0 Å². The topological polar surface area (TPSA) is 63.4 Å². The van der Waals surface area contributed by atoms with Crippen LogP contribution < -0.4 is 5.73 Å². The van der Waals surface area contributed by atoms with Gasteiger partial charge in [0.1, 0.15) is 0 Å². The first kappa shape index (κ1) is 15.5. The lowest BCUT2D eigenvalue weighted by Crippen LogP contribution is -2.60. The molecule has 0 aromatic carbocycles.